The normalized spacial score (nSPS) is 13.3. The van der Waals surface area contributed by atoms with E-state index in [9.17, 15) is 9.50 Å². The van der Waals surface area contributed by atoms with Gasteiger partial charge in [0.05, 0.1) is 0 Å². The Morgan fingerprint density at radius 2 is 2.27 bits per heavy atom. The van der Waals surface area contributed by atoms with Crippen LogP contribution in [0.15, 0.2) is 28.7 Å². The molecule has 80 valence electrons. The van der Waals surface area contributed by atoms with Crippen molar-refractivity contribution in [2.75, 3.05) is 13.6 Å². The van der Waals surface area contributed by atoms with Gasteiger partial charge in [0.1, 0.15) is 23.3 Å². The maximum atomic E-state index is 12.9. The number of rotatable bonds is 3. The topological polar surface area (TPSA) is 45.4 Å². The van der Waals surface area contributed by atoms with Crippen LogP contribution in [0.3, 0.4) is 0 Å². The number of aliphatic hydroxyl groups is 1. The van der Waals surface area contributed by atoms with Gasteiger partial charge in [0, 0.05) is 18.0 Å². The summed E-state index contributed by atoms with van der Waals surface area (Å²) in [6.45, 7) is 0.405. The first-order valence-corrected chi connectivity index (χ1v) is 4.72. The molecule has 1 unspecified atom stereocenters. The second kappa shape index (κ2) is 4.00. The Kier molecular flexibility index (Phi) is 2.70. The standard InChI is InChI=1S/C11H12FNO2/c1-13-6-9(14)11-4-7-2-3-8(12)5-10(7)15-11/h2-5,9,13-14H,6H2,1H3. The maximum absolute atomic E-state index is 12.9. The summed E-state index contributed by atoms with van der Waals surface area (Å²) in [5, 5.41) is 13.3. The minimum Gasteiger partial charge on any atom is -0.458 e. The van der Waals surface area contributed by atoms with Gasteiger partial charge in [-0.2, -0.15) is 0 Å². The number of halogens is 1. The van der Waals surface area contributed by atoms with Gasteiger partial charge in [-0.3, -0.25) is 0 Å². The second-order valence-corrected chi connectivity index (χ2v) is 3.40. The second-order valence-electron chi connectivity index (χ2n) is 3.40. The van der Waals surface area contributed by atoms with Gasteiger partial charge in [-0.1, -0.05) is 0 Å². The van der Waals surface area contributed by atoms with Crippen molar-refractivity contribution < 1.29 is 13.9 Å². The third kappa shape index (κ3) is 2.00. The zero-order valence-electron chi connectivity index (χ0n) is 8.33. The monoisotopic (exact) mass is 209 g/mol. The molecule has 2 aromatic rings. The van der Waals surface area contributed by atoms with E-state index in [1.54, 1.807) is 19.2 Å². The Bertz CT molecular complexity index is 467. The molecule has 0 spiro atoms. The number of likely N-dealkylation sites (N-methyl/N-ethyl adjacent to an activating group) is 1. The van der Waals surface area contributed by atoms with Gasteiger partial charge >= 0.3 is 0 Å². The molecule has 0 aliphatic heterocycles. The van der Waals surface area contributed by atoms with Gasteiger partial charge in [0.15, 0.2) is 0 Å². The van der Waals surface area contributed by atoms with Crippen LogP contribution in [0.5, 0.6) is 0 Å². The molecule has 1 atom stereocenters. The van der Waals surface area contributed by atoms with Crippen molar-refractivity contribution in [1.82, 2.24) is 5.32 Å². The largest absolute Gasteiger partial charge is 0.458 e. The summed E-state index contributed by atoms with van der Waals surface area (Å²) < 4.78 is 18.2. The van der Waals surface area contributed by atoms with Crippen molar-refractivity contribution in [3.63, 3.8) is 0 Å². The summed E-state index contributed by atoms with van der Waals surface area (Å²) in [7, 11) is 1.74. The average molecular weight is 209 g/mol. The molecule has 0 bridgehead atoms. The van der Waals surface area contributed by atoms with Crippen LogP contribution in [0, 0.1) is 5.82 Å². The highest BCUT2D eigenvalue weighted by Crippen LogP contribution is 2.24. The molecule has 0 amide bonds. The summed E-state index contributed by atoms with van der Waals surface area (Å²) in [5.74, 6) is 0.108. The third-order valence-corrected chi connectivity index (χ3v) is 2.23. The fourth-order valence-corrected chi connectivity index (χ4v) is 1.48. The summed E-state index contributed by atoms with van der Waals surface area (Å²) in [6.07, 6.45) is -0.703. The van der Waals surface area contributed by atoms with Gasteiger partial charge in [-0.25, -0.2) is 4.39 Å². The Morgan fingerprint density at radius 1 is 1.47 bits per heavy atom. The molecule has 1 aromatic carbocycles. The van der Waals surface area contributed by atoms with E-state index in [0.717, 1.165) is 5.39 Å². The molecule has 0 fully saturated rings. The van der Waals surface area contributed by atoms with E-state index in [1.807, 2.05) is 0 Å². The third-order valence-electron chi connectivity index (χ3n) is 2.23. The van der Waals surface area contributed by atoms with Crippen LogP contribution in [-0.4, -0.2) is 18.7 Å². The molecule has 15 heavy (non-hydrogen) atoms. The number of hydrogen-bond acceptors (Lipinski definition) is 3. The lowest BCUT2D eigenvalue weighted by atomic mass is 10.2. The molecule has 1 aromatic heterocycles. The molecule has 0 saturated heterocycles. The maximum Gasteiger partial charge on any atom is 0.137 e. The van der Waals surface area contributed by atoms with Crippen molar-refractivity contribution in [2.24, 2.45) is 0 Å². The molecule has 1 heterocycles. The van der Waals surface area contributed by atoms with Gasteiger partial charge in [-0.05, 0) is 25.2 Å². The predicted molar refractivity (Wildman–Crippen MR) is 55.1 cm³/mol. The first-order valence-electron chi connectivity index (χ1n) is 4.72. The van der Waals surface area contributed by atoms with Crippen LogP contribution < -0.4 is 5.32 Å². The summed E-state index contributed by atoms with van der Waals surface area (Å²) >= 11 is 0. The zero-order chi connectivity index (χ0) is 10.8. The van der Waals surface area contributed by atoms with Crippen LogP contribution in [0.25, 0.3) is 11.0 Å². The number of nitrogens with one attached hydrogen (secondary N) is 1. The van der Waals surface area contributed by atoms with Gasteiger partial charge in [0.2, 0.25) is 0 Å². The lowest BCUT2D eigenvalue weighted by Gasteiger charge is -2.04. The fourth-order valence-electron chi connectivity index (χ4n) is 1.48. The molecule has 2 rings (SSSR count). The van der Waals surface area contributed by atoms with Gasteiger partial charge in [-0.15, -0.1) is 0 Å². The number of aliphatic hydroxyl groups excluding tert-OH is 1. The minimum absolute atomic E-state index is 0.341. The van der Waals surface area contributed by atoms with Crippen LogP contribution in [0.2, 0.25) is 0 Å². The quantitative estimate of drug-likeness (QED) is 0.810. The van der Waals surface area contributed by atoms with Crippen molar-refractivity contribution in [2.45, 2.75) is 6.10 Å². The SMILES string of the molecule is CNCC(O)c1cc2ccc(F)cc2o1. The number of benzene rings is 1. The Morgan fingerprint density at radius 3 is 3.00 bits per heavy atom. The van der Waals surface area contributed by atoms with E-state index in [4.69, 9.17) is 4.42 Å². The Hall–Kier alpha value is -1.39. The van der Waals surface area contributed by atoms with Crippen molar-refractivity contribution in [1.29, 1.82) is 0 Å². The molecular weight excluding hydrogens is 197 g/mol. The number of furan rings is 1. The molecule has 0 saturated carbocycles. The van der Waals surface area contributed by atoms with Crippen molar-refractivity contribution in [3.8, 4) is 0 Å². The fraction of sp³-hybridized carbons (Fsp3) is 0.273. The van der Waals surface area contributed by atoms with Crippen molar-refractivity contribution >= 4 is 11.0 Å². The lowest BCUT2D eigenvalue weighted by molar-refractivity contribution is 0.152. The predicted octanol–water partition coefficient (Wildman–Crippen LogP) is 1.82. The number of fused-ring (bicyclic) bond motifs is 1. The molecule has 0 radical (unpaired) electrons. The highest BCUT2D eigenvalue weighted by molar-refractivity contribution is 5.77. The summed E-state index contributed by atoms with van der Waals surface area (Å²) in [5.41, 5.74) is 0.458. The van der Waals surface area contributed by atoms with Gasteiger partial charge in [0.25, 0.3) is 0 Å². The Labute approximate surface area is 86.5 Å². The van der Waals surface area contributed by atoms with E-state index < -0.39 is 6.10 Å². The van der Waals surface area contributed by atoms with E-state index in [2.05, 4.69) is 5.32 Å². The van der Waals surface area contributed by atoms with Crippen LogP contribution in [0.4, 0.5) is 4.39 Å². The smallest absolute Gasteiger partial charge is 0.137 e. The molecular formula is C11H12FNO2. The molecule has 0 aliphatic rings. The lowest BCUT2D eigenvalue weighted by Crippen LogP contribution is -2.15. The first kappa shape index (κ1) is 10.1. The van der Waals surface area contributed by atoms with E-state index in [-0.39, 0.29) is 5.82 Å². The average Bonchev–Trinajstić information content (AvgIpc) is 2.60. The van der Waals surface area contributed by atoms with Crippen molar-refractivity contribution in [3.05, 3.63) is 35.8 Å². The Balaban J connectivity index is 2.38. The van der Waals surface area contributed by atoms with Crippen LogP contribution in [-0.2, 0) is 0 Å². The molecule has 4 heteroatoms. The molecule has 0 aliphatic carbocycles. The van der Waals surface area contributed by atoms with Gasteiger partial charge < -0.3 is 14.8 Å². The zero-order valence-corrected chi connectivity index (χ0v) is 8.33. The highest BCUT2D eigenvalue weighted by atomic mass is 19.1. The summed E-state index contributed by atoms with van der Waals surface area (Å²) in [4.78, 5) is 0. The molecule has 3 nitrogen and oxygen atoms in total. The van der Waals surface area contributed by atoms with Crippen LogP contribution >= 0.6 is 0 Å². The first-order chi connectivity index (χ1) is 7.20. The molecule has 2 N–H and O–H groups in total. The van der Waals surface area contributed by atoms with E-state index >= 15 is 0 Å². The highest BCUT2D eigenvalue weighted by Gasteiger charge is 2.12. The number of hydrogen-bond donors (Lipinski definition) is 2. The van der Waals surface area contributed by atoms with E-state index in [0.29, 0.717) is 17.9 Å². The van der Waals surface area contributed by atoms with E-state index in [1.165, 1.54) is 12.1 Å². The summed E-state index contributed by atoms with van der Waals surface area (Å²) in [6, 6.07) is 6.03. The minimum atomic E-state index is -0.703. The van der Waals surface area contributed by atoms with Crippen LogP contribution in [0.1, 0.15) is 11.9 Å².